The highest BCUT2D eigenvalue weighted by atomic mass is 15.3. The quantitative estimate of drug-likeness (QED) is 0.805. The third-order valence-corrected chi connectivity index (χ3v) is 5.59. The van der Waals surface area contributed by atoms with Crippen molar-refractivity contribution in [2.75, 3.05) is 26.7 Å². The van der Waals surface area contributed by atoms with Crippen LogP contribution in [0.1, 0.15) is 43.9 Å². The molecule has 3 nitrogen and oxygen atoms in total. The van der Waals surface area contributed by atoms with Crippen LogP contribution in [0.4, 0.5) is 0 Å². The number of hydrogen-bond donors (Lipinski definition) is 1. The number of hydrogen-bond acceptors (Lipinski definition) is 3. The summed E-state index contributed by atoms with van der Waals surface area (Å²) < 4.78 is 0. The summed E-state index contributed by atoms with van der Waals surface area (Å²) in [5.74, 6) is 0. The average Bonchev–Trinajstić information content (AvgIpc) is 2.62. The lowest BCUT2D eigenvalue weighted by Crippen LogP contribution is -2.61. The van der Waals surface area contributed by atoms with Gasteiger partial charge in [0.1, 0.15) is 0 Å². The molecule has 1 aromatic carbocycles. The van der Waals surface area contributed by atoms with E-state index in [4.69, 9.17) is 5.73 Å². The molecule has 1 saturated heterocycles. The second-order valence-corrected chi connectivity index (χ2v) is 7.39. The maximum Gasteiger partial charge on any atom is 0.0455 e. The van der Waals surface area contributed by atoms with Crippen LogP contribution in [0, 0.1) is 0 Å². The van der Waals surface area contributed by atoms with E-state index >= 15 is 0 Å². The van der Waals surface area contributed by atoms with Crippen molar-refractivity contribution in [2.45, 2.75) is 50.7 Å². The largest absolute Gasteiger partial charge is 0.323 e. The first kappa shape index (κ1) is 15.0. The van der Waals surface area contributed by atoms with E-state index in [0.29, 0.717) is 6.04 Å². The second kappa shape index (κ2) is 5.71. The predicted molar refractivity (Wildman–Crippen MR) is 88.4 cm³/mol. The molecule has 0 amide bonds. The normalized spacial score (nSPS) is 30.7. The molecular formula is C18H29N3. The fourth-order valence-electron chi connectivity index (χ4n) is 3.95. The molecule has 116 valence electrons. The first-order valence-electron chi connectivity index (χ1n) is 8.28. The SMILES string of the molecule is CN1CCN(C2CCCc3ccccc3C2N)CC1(C)C. The Morgan fingerprint density at radius 1 is 1.19 bits per heavy atom. The summed E-state index contributed by atoms with van der Waals surface area (Å²) in [4.78, 5) is 5.12. The summed E-state index contributed by atoms with van der Waals surface area (Å²) in [6.07, 6.45) is 3.65. The van der Waals surface area contributed by atoms with Gasteiger partial charge in [-0.15, -0.1) is 0 Å². The van der Waals surface area contributed by atoms with Crippen molar-refractivity contribution in [2.24, 2.45) is 5.73 Å². The second-order valence-electron chi connectivity index (χ2n) is 7.39. The average molecular weight is 287 g/mol. The zero-order chi connectivity index (χ0) is 15.0. The van der Waals surface area contributed by atoms with Gasteiger partial charge >= 0.3 is 0 Å². The summed E-state index contributed by atoms with van der Waals surface area (Å²) in [6, 6.07) is 9.41. The highest BCUT2D eigenvalue weighted by molar-refractivity contribution is 5.32. The molecule has 1 fully saturated rings. The number of nitrogens with two attached hydrogens (primary N) is 1. The molecule has 2 unspecified atom stereocenters. The monoisotopic (exact) mass is 287 g/mol. The van der Waals surface area contributed by atoms with Crippen LogP contribution in [0.15, 0.2) is 24.3 Å². The van der Waals surface area contributed by atoms with Crippen LogP contribution in [-0.2, 0) is 6.42 Å². The third-order valence-electron chi connectivity index (χ3n) is 5.59. The Morgan fingerprint density at radius 2 is 1.95 bits per heavy atom. The molecule has 1 aliphatic heterocycles. The van der Waals surface area contributed by atoms with Gasteiger partial charge in [0.2, 0.25) is 0 Å². The molecule has 0 radical (unpaired) electrons. The summed E-state index contributed by atoms with van der Waals surface area (Å²) in [6.45, 7) is 8.08. The highest BCUT2D eigenvalue weighted by Gasteiger charge is 2.37. The van der Waals surface area contributed by atoms with Gasteiger partial charge in [0.05, 0.1) is 0 Å². The Balaban J connectivity index is 1.83. The first-order chi connectivity index (χ1) is 9.99. The maximum atomic E-state index is 6.69. The van der Waals surface area contributed by atoms with Crippen LogP contribution in [-0.4, -0.2) is 48.1 Å². The van der Waals surface area contributed by atoms with Crippen LogP contribution < -0.4 is 5.73 Å². The van der Waals surface area contributed by atoms with E-state index in [0.717, 1.165) is 19.6 Å². The standard InChI is InChI=1S/C18H29N3/c1-18(2)13-21(12-11-20(18)3)16-10-6-8-14-7-4-5-9-15(14)17(16)19/h4-5,7,9,16-17H,6,8,10-13,19H2,1-3H3. The van der Waals surface area contributed by atoms with E-state index < -0.39 is 0 Å². The van der Waals surface area contributed by atoms with Crippen molar-refractivity contribution >= 4 is 0 Å². The molecule has 0 aromatic heterocycles. The maximum absolute atomic E-state index is 6.69. The van der Waals surface area contributed by atoms with Gasteiger partial charge < -0.3 is 5.73 Å². The first-order valence-corrected chi connectivity index (χ1v) is 8.28. The summed E-state index contributed by atoms with van der Waals surface area (Å²) in [5, 5.41) is 0. The smallest absolute Gasteiger partial charge is 0.0455 e. The lowest BCUT2D eigenvalue weighted by atomic mass is 9.92. The van der Waals surface area contributed by atoms with Gasteiger partial charge in [0, 0.05) is 37.3 Å². The summed E-state index contributed by atoms with van der Waals surface area (Å²) in [5.41, 5.74) is 9.76. The van der Waals surface area contributed by atoms with Gasteiger partial charge in [-0.3, -0.25) is 9.80 Å². The van der Waals surface area contributed by atoms with E-state index in [1.807, 2.05) is 0 Å². The molecule has 1 heterocycles. The van der Waals surface area contributed by atoms with Crippen LogP contribution in [0.5, 0.6) is 0 Å². The number of likely N-dealkylation sites (N-methyl/N-ethyl adjacent to an activating group) is 1. The molecule has 2 aliphatic rings. The minimum atomic E-state index is 0.155. The highest BCUT2D eigenvalue weighted by Crippen LogP contribution is 2.32. The molecule has 2 N–H and O–H groups in total. The zero-order valence-corrected chi connectivity index (χ0v) is 13.7. The molecule has 0 bridgehead atoms. The number of aryl methyl sites for hydroxylation is 1. The summed E-state index contributed by atoms with van der Waals surface area (Å²) >= 11 is 0. The van der Waals surface area contributed by atoms with Crippen molar-refractivity contribution in [1.29, 1.82) is 0 Å². The third kappa shape index (κ3) is 2.87. The van der Waals surface area contributed by atoms with Crippen molar-refractivity contribution in [3.63, 3.8) is 0 Å². The van der Waals surface area contributed by atoms with Gasteiger partial charge in [-0.1, -0.05) is 24.3 Å². The molecule has 1 aromatic rings. The van der Waals surface area contributed by atoms with Crippen LogP contribution in [0.3, 0.4) is 0 Å². The van der Waals surface area contributed by atoms with Crippen molar-refractivity contribution in [1.82, 2.24) is 9.80 Å². The molecule has 0 saturated carbocycles. The number of fused-ring (bicyclic) bond motifs is 1. The van der Waals surface area contributed by atoms with E-state index in [1.54, 1.807) is 0 Å². The molecule has 3 rings (SSSR count). The Morgan fingerprint density at radius 3 is 2.71 bits per heavy atom. The molecule has 3 heteroatoms. The summed E-state index contributed by atoms with van der Waals surface area (Å²) in [7, 11) is 2.24. The molecule has 1 aliphatic carbocycles. The van der Waals surface area contributed by atoms with E-state index in [-0.39, 0.29) is 11.6 Å². The fraction of sp³-hybridized carbons (Fsp3) is 0.667. The molecule has 21 heavy (non-hydrogen) atoms. The van der Waals surface area contributed by atoms with Gasteiger partial charge in [0.25, 0.3) is 0 Å². The topological polar surface area (TPSA) is 32.5 Å². The molecule has 2 atom stereocenters. The van der Waals surface area contributed by atoms with Crippen molar-refractivity contribution in [3.8, 4) is 0 Å². The lowest BCUT2D eigenvalue weighted by Gasteiger charge is -2.49. The van der Waals surface area contributed by atoms with E-state index in [1.165, 1.54) is 30.4 Å². The Labute approximate surface area is 129 Å². The van der Waals surface area contributed by atoms with Gasteiger partial charge in [-0.25, -0.2) is 0 Å². The molecular weight excluding hydrogens is 258 g/mol. The van der Waals surface area contributed by atoms with Gasteiger partial charge in [0.15, 0.2) is 0 Å². The molecule has 0 spiro atoms. The van der Waals surface area contributed by atoms with Gasteiger partial charge in [-0.05, 0) is 51.3 Å². The van der Waals surface area contributed by atoms with Crippen LogP contribution in [0.25, 0.3) is 0 Å². The van der Waals surface area contributed by atoms with Crippen LogP contribution in [0.2, 0.25) is 0 Å². The number of nitrogens with zero attached hydrogens (tertiary/aromatic N) is 2. The van der Waals surface area contributed by atoms with Crippen molar-refractivity contribution < 1.29 is 0 Å². The Kier molecular flexibility index (Phi) is 4.08. The van der Waals surface area contributed by atoms with Crippen LogP contribution >= 0.6 is 0 Å². The zero-order valence-electron chi connectivity index (χ0n) is 13.7. The lowest BCUT2D eigenvalue weighted by molar-refractivity contribution is 0.00842. The minimum Gasteiger partial charge on any atom is -0.323 e. The van der Waals surface area contributed by atoms with Crippen molar-refractivity contribution in [3.05, 3.63) is 35.4 Å². The van der Waals surface area contributed by atoms with E-state index in [9.17, 15) is 0 Å². The number of piperazine rings is 1. The Hall–Kier alpha value is -0.900. The van der Waals surface area contributed by atoms with E-state index in [2.05, 4.69) is 55.0 Å². The fourth-order valence-corrected chi connectivity index (χ4v) is 3.95. The number of benzene rings is 1. The number of rotatable bonds is 1. The predicted octanol–water partition coefficient (Wildman–Crippen LogP) is 2.42. The minimum absolute atomic E-state index is 0.155. The van der Waals surface area contributed by atoms with Gasteiger partial charge in [-0.2, -0.15) is 0 Å². The Bertz CT molecular complexity index is 497.